The van der Waals surface area contributed by atoms with Crippen molar-refractivity contribution in [2.24, 2.45) is 5.92 Å². The average molecular weight is 468 g/mol. The van der Waals surface area contributed by atoms with Crippen molar-refractivity contribution in [3.63, 3.8) is 0 Å². The Hall–Kier alpha value is -2.95. The summed E-state index contributed by atoms with van der Waals surface area (Å²) in [5.74, 6) is 5.97. The molecule has 182 valence electrons. The molecule has 0 saturated carbocycles. The zero-order valence-corrected chi connectivity index (χ0v) is 20.4. The minimum Gasteiger partial charge on any atom is -0.472 e. The average Bonchev–Trinajstić information content (AvgIpc) is 2.82. The molecule has 2 heterocycles. The van der Waals surface area contributed by atoms with Gasteiger partial charge in [0.05, 0.1) is 12.6 Å². The van der Waals surface area contributed by atoms with Gasteiger partial charge in [0, 0.05) is 43.7 Å². The maximum absolute atomic E-state index is 13.4. The fourth-order valence-corrected chi connectivity index (χ4v) is 3.95. The molecule has 0 fully saturated rings. The first-order chi connectivity index (χ1) is 16.3. The van der Waals surface area contributed by atoms with Gasteiger partial charge in [-0.1, -0.05) is 37.8 Å². The lowest BCUT2D eigenvalue weighted by molar-refractivity contribution is 0.0325. The molecule has 0 unspecified atom stereocenters. The van der Waals surface area contributed by atoms with Gasteiger partial charge in [0.25, 0.3) is 5.91 Å². The molecule has 1 aliphatic heterocycles. The molecule has 1 amide bonds. The Balaban J connectivity index is 1.88. The molecular formula is C27H34FN3O3. The highest BCUT2D eigenvalue weighted by Gasteiger charge is 2.34. The molecule has 0 saturated heterocycles. The number of aliphatic hydroxyl groups excluding tert-OH is 1. The second-order valence-corrected chi connectivity index (χ2v) is 9.07. The molecule has 0 spiro atoms. The van der Waals surface area contributed by atoms with Crippen LogP contribution in [0.5, 0.6) is 5.88 Å². The molecule has 34 heavy (non-hydrogen) atoms. The molecule has 1 aromatic carbocycles. The summed E-state index contributed by atoms with van der Waals surface area (Å²) in [6.07, 6.45) is 3.13. The van der Waals surface area contributed by atoms with Crippen LogP contribution in [-0.4, -0.2) is 64.7 Å². The third-order valence-electron chi connectivity index (χ3n) is 5.99. The van der Waals surface area contributed by atoms with Gasteiger partial charge in [0.15, 0.2) is 0 Å². The highest BCUT2D eigenvalue weighted by Crippen LogP contribution is 2.27. The number of carbonyl (C=O) groups excluding carboxylic acids is 1. The van der Waals surface area contributed by atoms with E-state index in [-0.39, 0.29) is 42.3 Å². The van der Waals surface area contributed by atoms with Gasteiger partial charge < -0.3 is 14.7 Å². The molecule has 0 radical (unpaired) electrons. The Morgan fingerprint density at radius 2 is 2.09 bits per heavy atom. The number of amides is 1. The summed E-state index contributed by atoms with van der Waals surface area (Å²) in [6.45, 7) is 7.47. The van der Waals surface area contributed by atoms with Crippen LogP contribution in [0.25, 0.3) is 0 Å². The van der Waals surface area contributed by atoms with Gasteiger partial charge in [-0.3, -0.25) is 9.69 Å². The lowest BCUT2D eigenvalue weighted by atomic mass is 9.99. The van der Waals surface area contributed by atoms with Crippen LogP contribution in [0, 0.1) is 23.6 Å². The van der Waals surface area contributed by atoms with Crippen LogP contribution >= 0.6 is 0 Å². The summed E-state index contributed by atoms with van der Waals surface area (Å²) in [7, 11) is 1.98. The van der Waals surface area contributed by atoms with Gasteiger partial charge in [0.2, 0.25) is 5.88 Å². The topological polar surface area (TPSA) is 65.9 Å². The van der Waals surface area contributed by atoms with E-state index in [1.807, 2.05) is 20.9 Å². The molecule has 0 aliphatic carbocycles. The number of nitrogens with zero attached hydrogens (tertiary/aromatic N) is 3. The summed E-state index contributed by atoms with van der Waals surface area (Å²) < 4.78 is 19.6. The lowest BCUT2D eigenvalue weighted by Crippen LogP contribution is -2.49. The lowest BCUT2D eigenvalue weighted by Gasteiger charge is -2.37. The normalized spacial score (nSPS) is 18.9. The second-order valence-electron chi connectivity index (χ2n) is 9.07. The number of carbonyl (C=O) groups is 1. The third kappa shape index (κ3) is 6.55. The number of pyridine rings is 1. The molecular weight excluding hydrogens is 433 g/mol. The van der Waals surface area contributed by atoms with E-state index in [4.69, 9.17) is 4.74 Å². The standard InChI is InChI=1S/C27H34FN3O3/c1-5-6-7-8-22-13-24-26(29-14-22)34-25(19(2)15-31(27(24)33)20(3)18-32)17-30(4)16-21-9-11-23(28)12-10-21/h9-14,19-20,25,32H,5-6,15-18H2,1-4H3/t19-,20-,25-/m1/s1. The number of unbranched alkanes of at least 4 members (excludes halogenated alkanes) is 1. The van der Waals surface area contributed by atoms with Crippen molar-refractivity contribution < 1.29 is 19.0 Å². The van der Waals surface area contributed by atoms with Crippen LogP contribution in [0.3, 0.4) is 0 Å². The van der Waals surface area contributed by atoms with Gasteiger partial charge in [0.1, 0.15) is 17.5 Å². The minimum absolute atomic E-state index is 0.00686. The van der Waals surface area contributed by atoms with E-state index < -0.39 is 0 Å². The number of fused-ring (bicyclic) bond motifs is 1. The molecule has 1 aliphatic rings. The van der Waals surface area contributed by atoms with Crippen molar-refractivity contribution in [1.29, 1.82) is 0 Å². The molecule has 1 N–H and O–H groups in total. The first-order valence-electron chi connectivity index (χ1n) is 11.8. The molecule has 6 nitrogen and oxygen atoms in total. The van der Waals surface area contributed by atoms with Crippen LogP contribution in [0.4, 0.5) is 4.39 Å². The smallest absolute Gasteiger partial charge is 0.259 e. The van der Waals surface area contributed by atoms with Gasteiger partial charge in [-0.25, -0.2) is 9.37 Å². The molecule has 7 heteroatoms. The molecule has 0 bridgehead atoms. The number of likely N-dealkylation sites (N-methyl/N-ethyl adjacent to an activating group) is 1. The van der Waals surface area contributed by atoms with Crippen molar-refractivity contribution in [3.8, 4) is 17.7 Å². The van der Waals surface area contributed by atoms with Crippen molar-refractivity contribution in [3.05, 3.63) is 59.0 Å². The zero-order chi connectivity index (χ0) is 24.7. The fraction of sp³-hybridized carbons (Fsp3) is 0.481. The fourth-order valence-electron chi connectivity index (χ4n) is 3.95. The predicted octanol–water partition coefficient (Wildman–Crippen LogP) is 3.72. The van der Waals surface area contributed by atoms with E-state index in [2.05, 4.69) is 28.6 Å². The number of aromatic nitrogens is 1. The second kappa shape index (κ2) is 12.0. The number of ether oxygens (including phenoxy) is 1. The van der Waals surface area contributed by atoms with Crippen LogP contribution in [0.15, 0.2) is 36.5 Å². The SMILES string of the molecule is CCCC#Cc1cnc2c(c1)C(=O)N([C@H](C)CO)C[C@@H](C)[C@@H](CN(C)Cc1ccc(F)cc1)O2. The predicted molar refractivity (Wildman–Crippen MR) is 130 cm³/mol. The quantitative estimate of drug-likeness (QED) is 0.629. The number of rotatable bonds is 7. The van der Waals surface area contributed by atoms with Crippen LogP contribution in [0.1, 0.15) is 55.1 Å². The Morgan fingerprint density at radius 1 is 1.35 bits per heavy atom. The third-order valence-corrected chi connectivity index (χ3v) is 5.99. The van der Waals surface area contributed by atoms with E-state index in [0.29, 0.717) is 30.8 Å². The van der Waals surface area contributed by atoms with Crippen LogP contribution < -0.4 is 4.74 Å². The van der Waals surface area contributed by atoms with Gasteiger partial charge >= 0.3 is 0 Å². The number of hydrogen-bond acceptors (Lipinski definition) is 5. The van der Waals surface area contributed by atoms with Crippen molar-refractivity contribution >= 4 is 5.91 Å². The number of halogens is 1. The van der Waals surface area contributed by atoms with Crippen molar-refractivity contribution in [2.45, 2.75) is 52.3 Å². The first-order valence-corrected chi connectivity index (χ1v) is 11.8. The Kier molecular flexibility index (Phi) is 9.03. The first kappa shape index (κ1) is 25.7. The Morgan fingerprint density at radius 3 is 2.76 bits per heavy atom. The van der Waals surface area contributed by atoms with E-state index in [9.17, 15) is 14.3 Å². The highest BCUT2D eigenvalue weighted by atomic mass is 19.1. The van der Waals surface area contributed by atoms with Crippen LogP contribution in [0.2, 0.25) is 0 Å². The number of aliphatic hydroxyl groups is 1. The van der Waals surface area contributed by atoms with Crippen molar-refractivity contribution in [1.82, 2.24) is 14.8 Å². The Bertz CT molecular complexity index is 1030. The zero-order valence-electron chi connectivity index (χ0n) is 20.4. The maximum Gasteiger partial charge on any atom is 0.259 e. The van der Waals surface area contributed by atoms with Gasteiger partial charge in [-0.05, 0) is 44.2 Å². The number of hydrogen-bond donors (Lipinski definition) is 1. The summed E-state index contributed by atoms with van der Waals surface area (Å²) >= 11 is 0. The molecule has 2 aromatic rings. The monoisotopic (exact) mass is 467 g/mol. The molecule has 3 atom stereocenters. The summed E-state index contributed by atoms with van der Waals surface area (Å²) in [6, 6.07) is 7.86. The van der Waals surface area contributed by atoms with E-state index >= 15 is 0 Å². The Labute approximate surface area is 201 Å². The number of benzene rings is 1. The summed E-state index contributed by atoms with van der Waals surface area (Å²) in [5, 5.41) is 9.80. The summed E-state index contributed by atoms with van der Waals surface area (Å²) in [4.78, 5) is 21.7. The van der Waals surface area contributed by atoms with E-state index in [1.54, 1.807) is 29.3 Å². The van der Waals surface area contributed by atoms with Crippen molar-refractivity contribution in [2.75, 3.05) is 26.7 Å². The summed E-state index contributed by atoms with van der Waals surface area (Å²) in [5.41, 5.74) is 2.03. The van der Waals surface area contributed by atoms with E-state index in [0.717, 1.165) is 18.4 Å². The van der Waals surface area contributed by atoms with Crippen LogP contribution in [-0.2, 0) is 6.54 Å². The van der Waals surface area contributed by atoms with Gasteiger partial charge in [-0.15, -0.1) is 0 Å². The minimum atomic E-state index is -0.340. The van der Waals surface area contributed by atoms with Gasteiger partial charge in [-0.2, -0.15) is 0 Å². The largest absolute Gasteiger partial charge is 0.472 e. The highest BCUT2D eigenvalue weighted by molar-refractivity contribution is 5.97. The molecule has 1 aromatic heterocycles. The molecule has 3 rings (SSSR count). The van der Waals surface area contributed by atoms with E-state index in [1.165, 1.54) is 12.1 Å². The maximum atomic E-state index is 13.4.